The summed E-state index contributed by atoms with van der Waals surface area (Å²) in [5, 5.41) is 27.0. The number of anilines is 3. The van der Waals surface area contributed by atoms with Gasteiger partial charge in [-0.2, -0.15) is 20.4 Å². The molecule has 0 bridgehead atoms. The predicted molar refractivity (Wildman–Crippen MR) is 141 cm³/mol. The van der Waals surface area contributed by atoms with Crippen molar-refractivity contribution >= 4 is 23.5 Å². The van der Waals surface area contributed by atoms with Crippen molar-refractivity contribution in [3.05, 3.63) is 65.9 Å². The molecule has 5 rings (SSSR count). The van der Waals surface area contributed by atoms with E-state index in [9.17, 15) is 10.1 Å². The molecule has 1 fully saturated rings. The maximum Gasteiger partial charge on any atom is 0.227 e. The molecule has 1 aliphatic heterocycles. The van der Waals surface area contributed by atoms with Crippen molar-refractivity contribution in [2.24, 2.45) is 5.41 Å². The van der Waals surface area contributed by atoms with E-state index in [-0.39, 0.29) is 12.3 Å². The Morgan fingerprint density at radius 1 is 1.18 bits per heavy atom. The van der Waals surface area contributed by atoms with Crippen LogP contribution in [0.5, 0.6) is 0 Å². The number of hydrogen-bond donors (Lipinski definition) is 3. The van der Waals surface area contributed by atoms with Crippen LogP contribution in [-0.4, -0.2) is 53.9 Å². The maximum absolute atomic E-state index is 13.3. The molecule has 1 amide bonds. The largest absolute Gasteiger partial charge is 0.351 e. The standard InChI is InChI=1S/C26H29N11O/c1-18-14-21(32-22-15-19(2)34-35-22)33-25(31-18)36-12-7-26(6-9-27,8-13-36)24(38)29-17-20-4-5-23(28-16-20)37-11-3-10-30-37/h3-5,10-11,14-16H,6-8,12-13,17H2,1-2H3,(H,29,38)(H2,31,32,33,34,35). The summed E-state index contributed by atoms with van der Waals surface area (Å²) in [6, 6.07) is 11.6. The Morgan fingerprint density at radius 2 is 2.03 bits per heavy atom. The van der Waals surface area contributed by atoms with Gasteiger partial charge in [0.1, 0.15) is 5.82 Å². The Bertz CT molecular complexity index is 1430. The molecule has 0 radical (unpaired) electrons. The number of nitrogens with one attached hydrogen (secondary N) is 3. The van der Waals surface area contributed by atoms with Crippen molar-refractivity contribution in [2.45, 2.75) is 39.7 Å². The van der Waals surface area contributed by atoms with Crippen LogP contribution in [0.25, 0.3) is 5.82 Å². The zero-order valence-corrected chi connectivity index (χ0v) is 21.3. The number of aromatic amines is 1. The van der Waals surface area contributed by atoms with Gasteiger partial charge in [0.2, 0.25) is 11.9 Å². The molecule has 0 unspecified atom stereocenters. The number of nitriles is 1. The Labute approximate surface area is 220 Å². The van der Waals surface area contributed by atoms with E-state index in [0.717, 1.165) is 17.0 Å². The minimum Gasteiger partial charge on any atom is -0.351 e. The van der Waals surface area contributed by atoms with Crippen LogP contribution in [0.4, 0.5) is 17.6 Å². The first-order valence-corrected chi connectivity index (χ1v) is 12.4. The average Bonchev–Trinajstić information content (AvgIpc) is 3.60. The number of aryl methyl sites for hydroxylation is 2. The normalized spacial score (nSPS) is 14.6. The third-order valence-corrected chi connectivity index (χ3v) is 6.71. The highest BCUT2D eigenvalue weighted by atomic mass is 16.2. The Hall–Kier alpha value is -4.79. The highest BCUT2D eigenvalue weighted by molar-refractivity contribution is 5.83. The summed E-state index contributed by atoms with van der Waals surface area (Å²) in [4.78, 5) is 29.1. The van der Waals surface area contributed by atoms with Crippen LogP contribution in [0, 0.1) is 30.6 Å². The molecule has 38 heavy (non-hydrogen) atoms. The van der Waals surface area contributed by atoms with Gasteiger partial charge in [0.05, 0.1) is 11.5 Å². The molecule has 12 heteroatoms. The number of aromatic nitrogens is 7. The summed E-state index contributed by atoms with van der Waals surface area (Å²) in [6.45, 7) is 5.33. The first-order chi connectivity index (χ1) is 18.4. The van der Waals surface area contributed by atoms with E-state index in [1.54, 1.807) is 17.1 Å². The number of pyridine rings is 1. The lowest BCUT2D eigenvalue weighted by atomic mass is 9.75. The van der Waals surface area contributed by atoms with E-state index in [4.69, 9.17) is 0 Å². The SMILES string of the molecule is Cc1cc(Nc2cc(C)[nH]n2)nc(N2CCC(CC#N)(C(=O)NCc3ccc(-n4cccn4)nc3)CC2)n1. The Kier molecular flexibility index (Phi) is 6.99. The molecular formula is C26H29N11O. The topological polar surface area (TPSA) is 153 Å². The molecule has 1 saturated heterocycles. The number of hydrogen-bond acceptors (Lipinski definition) is 9. The molecule has 4 aromatic rings. The minimum atomic E-state index is -0.759. The second-order valence-electron chi connectivity index (χ2n) is 9.52. The summed E-state index contributed by atoms with van der Waals surface area (Å²) in [5.41, 5.74) is 1.89. The third kappa shape index (κ3) is 5.46. The molecule has 3 N–H and O–H groups in total. The molecule has 12 nitrogen and oxygen atoms in total. The number of rotatable bonds is 8. The smallest absolute Gasteiger partial charge is 0.227 e. The first kappa shape index (κ1) is 24.9. The van der Waals surface area contributed by atoms with Crippen molar-refractivity contribution in [3.63, 3.8) is 0 Å². The molecule has 194 valence electrons. The minimum absolute atomic E-state index is 0.115. The van der Waals surface area contributed by atoms with Crippen molar-refractivity contribution in [2.75, 3.05) is 23.3 Å². The predicted octanol–water partition coefficient (Wildman–Crippen LogP) is 2.96. The molecule has 0 atom stereocenters. The molecule has 0 aromatic carbocycles. The lowest BCUT2D eigenvalue weighted by Crippen LogP contribution is -2.49. The fraction of sp³-hybridized carbons (Fsp3) is 0.346. The van der Waals surface area contributed by atoms with Gasteiger partial charge in [0.25, 0.3) is 0 Å². The van der Waals surface area contributed by atoms with Crippen LogP contribution in [0.2, 0.25) is 0 Å². The number of carbonyl (C=O) groups is 1. The maximum atomic E-state index is 13.3. The Balaban J connectivity index is 1.22. The van der Waals surface area contributed by atoms with Gasteiger partial charge in [-0.3, -0.25) is 9.89 Å². The summed E-state index contributed by atoms with van der Waals surface area (Å²) in [7, 11) is 0. The van der Waals surface area contributed by atoms with Crippen LogP contribution < -0.4 is 15.5 Å². The van der Waals surface area contributed by atoms with E-state index >= 15 is 0 Å². The van der Waals surface area contributed by atoms with Gasteiger partial charge in [-0.15, -0.1) is 0 Å². The molecule has 5 heterocycles. The highest BCUT2D eigenvalue weighted by Gasteiger charge is 2.41. The highest BCUT2D eigenvalue weighted by Crippen LogP contribution is 2.36. The number of carbonyl (C=O) groups excluding carboxylic acids is 1. The molecule has 0 saturated carbocycles. The molecule has 1 aliphatic rings. The zero-order chi connectivity index (χ0) is 26.5. The second kappa shape index (κ2) is 10.7. The number of nitrogens with zero attached hydrogens (tertiary/aromatic N) is 8. The monoisotopic (exact) mass is 511 g/mol. The van der Waals surface area contributed by atoms with E-state index in [1.807, 2.05) is 50.4 Å². The summed E-state index contributed by atoms with van der Waals surface area (Å²) in [6.07, 6.45) is 6.45. The Morgan fingerprint density at radius 3 is 2.68 bits per heavy atom. The van der Waals surface area contributed by atoms with Gasteiger partial charge in [-0.05, 0) is 44.4 Å². The summed E-state index contributed by atoms with van der Waals surface area (Å²) in [5.74, 6) is 2.51. The van der Waals surface area contributed by atoms with Gasteiger partial charge in [-0.25, -0.2) is 14.6 Å². The van der Waals surface area contributed by atoms with Crippen LogP contribution in [0.15, 0.2) is 48.9 Å². The van der Waals surface area contributed by atoms with E-state index in [1.165, 1.54) is 0 Å². The first-order valence-electron chi connectivity index (χ1n) is 12.4. The number of amides is 1. The summed E-state index contributed by atoms with van der Waals surface area (Å²) < 4.78 is 1.67. The van der Waals surface area contributed by atoms with E-state index in [0.29, 0.717) is 55.9 Å². The number of piperidine rings is 1. The zero-order valence-electron chi connectivity index (χ0n) is 21.3. The van der Waals surface area contributed by atoms with E-state index < -0.39 is 5.41 Å². The molecule has 0 spiro atoms. The quantitative estimate of drug-likeness (QED) is 0.324. The lowest BCUT2D eigenvalue weighted by molar-refractivity contribution is -0.132. The van der Waals surface area contributed by atoms with Crippen molar-refractivity contribution in [1.29, 1.82) is 5.26 Å². The van der Waals surface area contributed by atoms with Gasteiger partial charge < -0.3 is 15.5 Å². The second-order valence-corrected chi connectivity index (χ2v) is 9.52. The van der Waals surface area contributed by atoms with Gasteiger partial charge in [0, 0.05) is 68.2 Å². The third-order valence-electron chi connectivity index (χ3n) is 6.71. The van der Waals surface area contributed by atoms with Crippen LogP contribution in [0.3, 0.4) is 0 Å². The van der Waals surface area contributed by atoms with Crippen molar-refractivity contribution in [1.82, 2.24) is 40.2 Å². The van der Waals surface area contributed by atoms with Gasteiger partial charge in [-0.1, -0.05) is 6.07 Å². The summed E-state index contributed by atoms with van der Waals surface area (Å²) >= 11 is 0. The molecule has 4 aromatic heterocycles. The molecular weight excluding hydrogens is 482 g/mol. The fourth-order valence-corrected chi connectivity index (χ4v) is 4.57. The fourth-order valence-electron chi connectivity index (χ4n) is 4.57. The van der Waals surface area contributed by atoms with Crippen LogP contribution in [-0.2, 0) is 11.3 Å². The number of H-pyrrole nitrogens is 1. The average molecular weight is 512 g/mol. The van der Waals surface area contributed by atoms with Crippen LogP contribution >= 0.6 is 0 Å². The van der Waals surface area contributed by atoms with Crippen molar-refractivity contribution < 1.29 is 4.79 Å². The van der Waals surface area contributed by atoms with Gasteiger partial charge in [0.15, 0.2) is 11.6 Å². The van der Waals surface area contributed by atoms with E-state index in [2.05, 4.69) is 51.9 Å². The van der Waals surface area contributed by atoms with Crippen LogP contribution in [0.1, 0.15) is 36.2 Å². The van der Waals surface area contributed by atoms with Gasteiger partial charge >= 0.3 is 0 Å². The lowest BCUT2D eigenvalue weighted by Gasteiger charge is -2.39. The molecule has 0 aliphatic carbocycles. The van der Waals surface area contributed by atoms with Crippen molar-refractivity contribution in [3.8, 4) is 11.9 Å².